The third-order valence-electron chi connectivity index (χ3n) is 1.85. The van der Waals surface area contributed by atoms with Crippen molar-refractivity contribution in [3.63, 3.8) is 0 Å². The third kappa shape index (κ3) is 2.02. The van der Waals surface area contributed by atoms with Gasteiger partial charge in [0, 0.05) is 5.56 Å². The molecule has 0 aliphatic carbocycles. The molecule has 0 aliphatic heterocycles. The highest BCUT2D eigenvalue weighted by Crippen LogP contribution is 2.21. The van der Waals surface area contributed by atoms with Crippen LogP contribution >= 0.6 is 0 Å². The van der Waals surface area contributed by atoms with Gasteiger partial charge in [-0.3, -0.25) is 0 Å². The number of sulfonamides is 1. The predicted molar refractivity (Wildman–Crippen MR) is 55.5 cm³/mol. The highest BCUT2D eigenvalue weighted by molar-refractivity contribution is 7.89. The number of benzene rings is 1. The molecule has 0 radical (unpaired) electrons. The Morgan fingerprint density at radius 2 is 2.00 bits per heavy atom. The van der Waals surface area contributed by atoms with Gasteiger partial charge in [0.2, 0.25) is 15.9 Å². The van der Waals surface area contributed by atoms with Gasteiger partial charge in [-0.05, 0) is 18.2 Å². The maximum Gasteiger partial charge on any atom is 0.313 e. The Morgan fingerprint density at radius 3 is 2.56 bits per heavy atom. The van der Waals surface area contributed by atoms with Crippen LogP contribution in [0.25, 0.3) is 11.5 Å². The molecule has 84 valence electrons. The maximum atomic E-state index is 11.1. The zero-order valence-corrected chi connectivity index (χ0v) is 8.81. The minimum atomic E-state index is -3.75. The standard InChI is InChI=1S/C8H8N4O3S/c9-8-12-11-7(15-8)5-2-1-3-6(4-5)16(10,13)14/h1-4H,(H2,9,12)(H2,10,13,14). The zero-order chi connectivity index (χ0) is 11.8. The highest BCUT2D eigenvalue weighted by Gasteiger charge is 2.11. The third-order valence-corrected chi connectivity index (χ3v) is 2.76. The van der Waals surface area contributed by atoms with Gasteiger partial charge in [0.25, 0.3) is 0 Å². The smallest absolute Gasteiger partial charge is 0.313 e. The summed E-state index contributed by atoms with van der Waals surface area (Å²) in [5.41, 5.74) is 5.70. The molecule has 0 spiro atoms. The normalized spacial score (nSPS) is 11.6. The molecule has 0 fully saturated rings. The number of primary sulfonamides is 1. The average Bonchev–Trinajstić information content (AvgIpc) is 2.64. The molecule has 1 heterocycles. The summed E-state index contributed by atoms with van der Waals surface area (Å²) in [5, 5.41) is 12.1. The molecule has 0 saturated heterocycles. The number of nitrogens with zero attached hydrogens (tertiary/aromatic N) is 2. The number of nitrogens with two attached hydrogens (primary N) is 2. The van der Waals surface area contributed by atoms with E-state index >= 15 is 0 Å². The van der Waals surface area contributed by atoms with Crippen LogP contribution in [0.15, 0.2) is 33.6 Å². The Morgan fingerprint density at radius 1 is 1.25 bits per heavy atom. The summed E-state index contributed by atoms with van der Waals surface area (Å²) in [4.78, 5) is -0.0261. The quantitative estimate of drug-likeness (QED) is 0.759. The molecule has 1 aromatic carbocycles. The van der Waals surface area contributed by atoms with E-state index in [2.05, 4.69) is 10.2 Å². The van der Waals surface area contributed by atoms with E-state index in [0.717, 1.165) is 0 Å². The van der Waals surface area contributed by atoms with E-state index in [0.29, 0.717) is 5.56 Å². The van der Waals surface area contributed by atoms with Gasteiger partial charge in [0.15, 0.2) is 0 Å². The second kappa shape index (κ2) is 3.58. The lowest BCUT2D eigenvalue weighted by molar-refractivity contribution is 0.589. The molecule has 0 saturated carbocycles. The predicted octanol–water partition coefficient (Wildman–Crippen LogP) is -0.0338. The number of nitrogen functional groups attached to an aromatic ring is 1. The molecular formula is C8H8N4O3S. The number of hydrogen-bond acceptors (Lipinski definition) is 6. The molecule has 16 heavy (non-hydrogen) atoms. The summed E-state index contributed by atoms with van der Waals surface area (Å²) in [7, 11) is -3.75. The van der Waals surface area contributed by atoms with E-state index in [1.165, 1.54) is 18.2 Å². The van der Waals surface area contributed by atoms with Gasteiger partial charge in [-0.1, -0.05) is 11.2 Å². The molecule has 0 bridgehead atoms. The van der Waals surface area contributed by atoms with Crippen LogP contribution in [-0.4, -0.2) is 18.6 Å². The van der Waals surface area contributed by atoms with Crippen LogP contribution in [0.5, 0.6) is 0 Å². The average molecular weight is 240 g/mol. The largest absolute Gasteiger partial charge is 0.404 e. The van der Waals surface area contributed by atoms with Gasteiger partial charge >= 0.3 is 6.01 Å². The molecule has 0 unspecified atom stereocenters. The van der Waals surface area contributed by atoms with Crippen LogP contribution in [0, 0.1) is 0 Å². The molecule has 2 aromatic rings. The molecule has 1 aromatic heterocycles. The lowest BCUT2D eigenvalue weighted by atomic mass is 10.2. The first-order chi connectivity index (χ1) is 7.47. The van der Waals surface area contributed by atoms with Crippen LogP contribution < -0.4 is 10.9 Å². The van der Waals surface area contributed by atoms with Gasteiger partial charge in [0.1, 0.15) is 0 Å². The van der Waals surface area contributed by atoms with Crippen molar-refractivity contribution in [3.05, 3.63) is 24.3 Å². The minimum absolute atomic E-state index is 0.0261. The van der Waals surface area contributed by atoms with Gasteiger partial charge < -0.3 is 10.2 Å². The fourth-order valence-electron chi connectivity index (χ4n) is 1.16. The van der Waals surface area contributed by atoms with E-state index in [4.69, 9.17) is 15.3 Å². The van der Waals surface area contributed by atoms with Crippen LogP contribution in [-0.2, 0) is 10.0 Å². The minimum Gasteiger partial charge on any atom is -0.404 e. The first-order valence-electron chi connectivity index (χ1n) is 4.19. The molecule has 0 amide bonds. The molecular weight excluding hydrogens is 232 g/mol. The van der Waals surface area contributed by atoms with Crippen molar-refractivity contribution >= 4 is 16.0 Å². The second-order valence-electron chi connectivity index (χ2n) is 3.02. The number of rotatable bonds is 2. The van der Waals surface area contributed by atoms with Crippen LogP contribution in [0.1, 0.15) is 0 Å². The Balaban J connectivity index is 2.52. The molecule has 2 rings (SSSR count). The zero-order valence-electron chi connectivity index (χ0n) is 7.99. The van der Waals surface area contributed by atoms with Crippen molar-refractivity contribution in [2.45, 2.75) is 4.90 Å². The lowest BCUT2D eigenvalue weighted by Gasteiger charge is -1.99. The fraction of sp³-hybridized carbons (Fsp3) is 0. The SMILES string of the molecule is Nc1nnc(-c2cccc(S(N)(=O)=O)c2)o1. The first-order valence-corrected chi connectivity index (χ1v) is 5.73. The summed E-state index contributed by atoms with van der Waals surface area (Å²) in [6, 6.07) is 5.76. The van der Waals surface area contributed by atoms with Crippen LogP contribution in [0.3, 0.4) is 0 Å². The first kappa shape index (κ1) is 10.6. The molecule has 7 nitrogen and oxygen atoms in total. The summed E-state index contributed by atoms with van der Waals surface area (Å²) in [6.07, 6.45) is 0. The van der Waals surface area contributed by atoms with Crippen molar-refractivity contribution in [3.8, 4) is 11.5 Å². The van der Waals surface area contributed by atoms with E-state index in [1.54, 1.807) is 6.07 Å². The van der Waals surface area contributed by atoms with Crippen molar-refractivity contribution in [1.29, 1.82) is 0 Å². The monoisotopic (exact) mass is 240 g/mol. The number of aromatic nitrogens is 2. The highest BCUT2D eigenvalue weighted by atomic mass is 32.2. The topological polar surface area (TPSA) is 125 Å². The molecule has 4 N–H and O–H groups in total. The molecule has 0 aliphatic rings. The summed E-state index contributed by atoms with van der Waals surface area (Å²) in [6.45, 7) is 0. The number of hydrogen-bond donors (Lipinski definition) is 2. The number of anilines is 1. The second-order valence-corrected chi connectivity index (χ2v) is 4.58. The van der Waals surface area contributed by atoms with E-state index < -0.39 is 10.0 Å². The Labute approximate surface area is 91.1 Å². The molecule has 8 heteroatoms. The Hall–Kier alpha value is -1.93. The summed E-state index contributed by atoms with van der Waals surface area (Å²) < 4.78 is 27.2. The fourth-order valence-corrected chi connectivity index (χ4v) is 1.72. The Bertz CT molecular complexity index is 620. The van der Waals surface area contributed by atoms with Gasteiger partial charge in [-0.15, -0.1) is 5.10 Å². The van der Waals surface area contributed by atoms with Crippen molar-refractivity contribution in [1.82, 2.24) is 10.2 Å². The summed E-state index contributed by atoms with van der Waals surface area (Å²) >= 11 is 0. The van der Waals surface area contributed by atoms with Crippen LogP contribution in [0.2, 0.25) is 0 Å². The maximum absolute atomic E-state index is 11.1. The lowest BCUT2D eigenvalue weighted by Crippen LogP contribution is -2.11. The van der Waals surface area contributed by atoms with E-state index in [1.807, 2.05) is 0 Å². The van der Waals surface area contributed by atoms with Crippen molar-refractivity contribution < 1.29 is 12.8 Å². The van der Waals surface area contributed by atoms with Crippen molar-refractivity contribution in [2.24, 2.45) is 5.14 Å². The van der Waals surface area contributed by atoms with Crippen molar-refractivity contribution in [2.75, 3.05) is 5.73 Å². The van der Waals surface area contributed by atoms with Gasteiger partial charge in [-0.2, -0.15) is 0 Å². The Kier molecular flexibility index (Phi) is 2.37. The van der Waals surface area contributed by atoms with E-state index in [9.17, 15) is 8.42 Å². The van der Waals surface area contributed by atoms with Crippen LogP contribution in [0.4, 0.5) is 6.01 Å². The van der Waals surface area contributed by atoms with E-state index in [-0.39, 0.29) is 16.8 Å². The summed E-state index contributed by atoms with van der Waals surface area (Å²) in [5.74, 6) is 0.142. The van der Waals surface area contributed by atoms with Gasteiger partial charge in [0.05, 0.1) is 4.90 Å². The van der Waals surface area contributed by atoms with Gasteiger partial charge in [-0.25, -0.2) is 13.6 Å². The molecule has 0 atom stereocenters.